The Morgan fingerprint density at radius 3 is 2.65 bits per heavy atom. The van der Waals surface area contributed by atoms with Crippen molar-refractivity contribution in [2.75, 3.05) is 5.32 Å². The number of fused-ring (bicyclic) bond motifs is 1. The van der Waals surface area contributed by atoms with Crippen molar-refractivity contribution in [3.8, 4) is 11.5 Å². The van der Waals surface area contributed by atoms with E-state index in [0.717, 1.165) is 6.20 Å². The van der Waals surface area contributed by atoms with E-state index < -0.39 is 28.9 Å². The fraction of sp³-hybridized carbons (Fsp3) is 0.130. The van der Waals surface area contributed by atoms with E-state index in [2.05, 4.69) is 30.7 Å². The summed E-state index contributed by atoms with van der Waals surface area (Å²) in [5.41, 5.74) is -1.49. The van der Waals surface area contributed by atoms with Gasteiger partial charge in [-0.15, -0.1) is 5.10 Å². The van der Waals surface area contributed by atoms with Crippen molar-refractivity contribution in [3.63, 3.8) is 0 Å². The summed E-state index contributed by atoms with van der Waals surface area (Å²) in [6, 6.07) is 7.12. The molecule has 37 heavy (non-hydrogen) atoms. The molecule has 0 fully saturated rings. The summed E-state index contributed by atoms with van der Waals surface area (Å²) in [6.45, 7) is 3.29. The topological polar surface area (TPSA) is 123 Å². The van der Waals surface area contributed by atoms with Gasteiger partial charge in [-0.1, -0.05) is 22.9 Å². The number of carbonyl (C=O) groups is 1. The molecule has 5 rings (SSSR count). The normalized spacial score (nSPS) is 11.7. The number of alkyl halides is 3. The van der Waals surface area contributed by atoms with Gasteiger partial charge in [0.2, 0.25) is 0 Å². The number of halogens is 4. The van der Waals surface area contributed by atoms with Crippen LogP contribution in [0.4, 0.5) is 18.9 Å². The number of anilines is 1. The van der Waals surface area contributed by atoms with Gasteiger partial charge in [0.25, 0.3) is 11.5 Å². The van der Waals surface area contributed by atoms with Crippen LogP contribution in [-0.2, 0) is 6.18 Å². The van der Waals surface area contributed by atoms with Gasteiger partial charge in [0.1, 0.15) is 0 Å². The van der Waals surface area contributed by atoms with Crippen molar-refractivity contribution in [3.05, 3.63) is 86.9 Å². The van der Waals surface area contributed by atoms with Crippen molar-refractivity contribution in [1.29, 1.82) is 0 Å². The Hall–Kier alpha value is -4.52. The van der Waals surface area contributed by atoms with Gasteiger partial charge >= 0.3 is 6.18 Å². The number of aryl methyl sites for hydroxylation is 2. The highest BCUT2D eigenvalue weighted by Crippen LogP contribution is 2.35. The number of rotatable bonds is 4. The van der Waals surface area contributed by atoms with Crippen molar-refractivity contribution in [2.24, 2.45) is 0 Å². The predicted octanol–water partition coefficient (Wildman–Crippen LogP) is 4.23. The highest BCUT2D eigenvalue weighted by Gasteiger charge is 2.41. The van der Waals surface area contributed by atoms with E-state index in [0.29, 0.717) is 10.4 Å². The van der Waals surface area contributed by atoms with Crippen LogP contribution in [0.1, 0.15) is 27.4 Å². The van der Waals surface area contributed by atoms with Gasteiger partial charge in [-0.2, -0.15) is 18.3 Å². The molecule has 0 aliphatic heterocycles. The standard InChI is InChI=1S/C23H16ClF3N8O2/c1-11-10-34(33-32-11)20-16(24)8-17(12(2)30-20)31-22(37)15-9-29-35(19(15)23(25,26)27)18-5-3-4-14-13(18)6-7-28-21(14)36/h3-10H,1-2H3,(H,28,36)(H,31,37). The molecule has 0 bridgehead atoms. The molecule has 0 aliphatic carbocycles. The van der Waals surface area contributed by atoms with Crippen molar-refractivity contribution >= 4 is 34.0 Å². The second-order valence-electron chi connectivity index (χ2n) is 8.05. The van der Waals surface area contributed by atoms with Gasteiger partial charge in [-0.25, -0.2) is 14.3 Å². The molecule has 5 aromatic rings. The van der Waals surface area contributed by atoms with Gasteiger partial charge in [-0.3, -0.25) is 9.59 Å². The zero-order valence-electron chi connectivity index (χ0n) is 19.1. The molecule has 4 aromatic heterocycles. The first kappa shape index (κ1) is 24.2. The molecule has 188 valence electrons. The van der Waals surface area contributed by atoms with Gasteiger partial charge < -0.3 is 10.3 Å². The van der Waals surface area contributed by atoms with Gasteiger partial charge in [0.15, 0.2) is 11.5 Å². The molecule has 0 unspecified atom stereocenters. The molecule has 1 aromatic carbocycles. The number of benzene rings is 1. The van der Waals surface area contributed by atoms with E-state index in [4.69, 9.17) is 11.6 Å². The van der Waals surface area contributed by atoms with Crippen LogP contribution in [0.3, 0.4) is 0 Å². The van der Waals surface area contributed by atoms with E-state index in [-0.39, 0.29) is 38.7 Å². The van der Waals surface area contributed by atoms with E-state index in [1.54, 1.807) is 20.0 Å². The maximum absolute atomic E-state index is 14.2. The SMILES string of the molecule is Cc1cn(-c2nc(C)c(NC(=O)c3cnn(-c4cccc5c(=O)[nH]ccc45)c3C(F)(F)F)cc2Cl)nn1. The molecule has 1 amide bonds. The van der Waals surface area contributed by atoms with Crippen LogP contribution in [0.25, 0.3) is 22.3 Å². The number of nitrogens with zero attached hydrogens (tertiary/aromatic N) is 6. The zero-order valence-corrected chi connectivity index (χ0v) is 19.9. The largest absolute Gasteiger partial charge is 0.434 e. The summed E-state index contributed by atoms with van der Waals surface area (Å²) in [5, 5.41) is 14.6. The van der Waals surface area contributed by atoms with Crippen LogP contribution < -0.4 is 10.9 Å². The predicted molar refractivity (Wildman–Crippen MR) is 128 cm³/mol. The molecule has 10 nitrogen and oxygen atoms in total. The summed E-state index contributed by atoms with van der Waals surface area (Å²) in [7, 11) is 0. The van der Waals surface area contributed by atoms with E-state index >= 15 is 0 Å². The van der Waals surface area contributed by atoms with Crippen molar-refractivity contribution in [2.45, 2.75) is 20.0 Å². The molecule has 0 spiro atoms. The molecule has 0 radical (unpaired) electrons. The quantitative estimate of drug-likeness (QED) is 0.360. The number of pyridine rings is 2. The molecular formula is C23H16ClF3N8O2. The third-order valence-corrected chi connectivity index (χ3v) is 5.80. The number of nitrogens with one attached hydrogen (secondary N) is 2. The molecule has 0 saturated heterocycles. The summed E-state index contributed by atoms with van der Waals surface area (Å²) >= 11 is 6.30. The minimum atomic E-state index is -4.95. The summed E-state index contributed by atoms with van der Waals surface area (Å²) in [4.78, 5) is 32.0. The smallest absolute Gasteiger partial charge is 0.329 e. The average Bonchev–Trinajstić information content (AvgIpc) is 3.48. The Labute approximate surface area is 210 Å². The number of aromatic amines is 1. The Morgan fingerprint density at radius 2 is 1.95 bits per heavy atom. The Kier molecular flexibility index (Phi) is 5.79. The van der Waals surface area contributed by atoms with Crippen LogP contribution in [0.15, 0.2) is 53.7 Å². The maximum Gasteiger partial charge on any atom is 0.434 e. The lowest BCUT2D eigenvalue weighted by Crippen LogP contribution is -2.21. The summed E-state index contributed by atoms with van der Waals surface area (Å²) in [5.74, 6) is -0.825. The number of amides is 1. The lowest BCUT2D eigenvalue weighted by atomic mass is 10.1. The average molecular weight is 529 g/mol. The number of aromatic nitrogens is 7. The number of H-pyrrole nitrogens is 1. The first-order valence-corrected chi connectivity index (χ1v) is 11.1. The minimum absolute atomic E-state index is 0.0108. The lowest BCUT2D eigenvalue weighted by Gasteiger charge is -2.15. The molecule has 4 heterocycles. The highest BCUT2D eigenvalue weighted by atomic mass is 35.5. The molecule has 0 atom stereocenters. The monoisotopic (exact) mass is 528 g/mol. The number of carbonyl (C=O) groups excluding carboxylic acids is 1. The second-order valence-corrected chi connectivity index (χ2v) is 8.45. The first-order valence-electron chi connectivity index (χ1n) is 10.7. The van der Waals surface area contributed by atoms with Crippen LogP contribution in [0, 0.1) is 13.8 Å². The molecule has 2 N–H and O–H groups in total. The summed E-state index contributed by atoms with van der Waals surface area (Å²) < 4.78 is 44.7. The van der Waals surface area contributed by atoms with E-state index in [9.17, 15) is 22.8 Å². The van der Waals surface area contributed by atoms with Crippen LogP contribution in [0.5, 0.6) is 0 Å². The molecule has 0 aliphatic rings. The molecular weight excluding hydrogens is 513 g/mol. The number of hydrogen-bond acceptors (Lipinski definition) is 6. The Bertz CT molecular complexity index is 1740. The third-order valence-electron chi connectivity index (χ3n) is 5.52. The Morgan fingerprint density at radius 1 is 1.16 bits per heavy atom. The van der Waals surface area contributed by atoms with Crippen molar-refractivity contribution < 1.29 is 18.0 Å². The zero-order chi connectivity index (χ0) is 26.5. The minimum Gasteiger partial charge on any atom is -0.329 e. The van der Waals surface area contributed by atoms with Gasteiger partial charge in [-0.05, 0) is 38.1 Å². The highest BCUT2D eigenvalue weighted by molar-refractivity contribution is 6.32. The fourth-order valence-electron chi connectivity index (χ4n) is 3.86. The van der Waals surface area contributed by atoms with Crippen LogP contribution in [-0.4, -0.2) is 40.6 Å². The fourth-order valence-corrected chi connectivity index (χ4v) is 4.09. The second kappa shape index (κ2) is 8.85. The number of hydrogen-bond donors (Lipinski definition) is 2. The maximum atomic E-state index is 14.2. The molecule has 14 heteroatoms. The molecule has 0 saturated carbocycles. The lowest BCUT2D eigenvalue weighted by molar-refractivity contribution is -0.143. The summed E-state index contributed by atoms with van der Waals surface area (Å²) in [6.07, 6.45) is -1.22. The van der Waals surface area contributed by atoms with E-state index in [1.165, 1.54) is 41.2 Å². The first-order chi connectivity index (χ1) is 17.5. The Balaban J connectivity index is 1.56. The van der Waals surface area contributed by atoms with Crippen LogP contribution >= 0.6 is 11.6 Å². The third kappa shape index (κ3) is 4.33. The van der Waals surface area contributed by atoms with Gasteiger partial charge in [0, 0.05) is 17.0 Å². The van der Waals surface area contributed by atoms with Crippen molar-refractivity contribution in [1.82, 2.24) is 34.7 Å². The van der Waals surface area contributed by atoms with E-state index in [1.807, 2.05) is 0 Å². The van der Waals surface area contributed by atoms with Gasteiger partial charge in [0.05, 0.1) is 45.7 Å². The van der Waals surface area contributed by atoms with Crippen LogP contribution in [0.2, 0.25) is 5.02 Å².